The monoisotopic (exact) mass is 468 g/mol. The van der Waals surface area contributed by atoms with Crippen LogP contribution in [0.25, 0.3) is 0 Å². The summed E-state index contributed by atoms with van der Waals surface area (Å²) >= 11 is 0. The maximum absolute atomic E-state index is 13.8. The summed E-state index contributed by atoms with van der Waals surface area (Å²) in [5, 5.41) is 0. The van der Waals surface area contributed by atoms with Gasteiger partial charge in [-0.3, -0.25) is 0 Å². The molecule has 3 rings (SSSR count). The lowest BCUT2D eigenvalue weighted by molar-refractivity contribution is -0.294. The molecule has 32 heavy (non-hydrogen) atoms. The van der Waals surface area contributed by atoms with E-state index >= 15 is 0 Å². The van der Waals surface area contributed by atoms with Crippen LogP contribution >= 0.6 is 7.82 Å². The second-order valence-electron chi connectivity index (χ2n) is 6.96. The van der Waals surface area contributed by atoms with E-state index in [2.05, 4.69) is 0 Å². The van der Waals surface area contributed by atoms with Crippen molar-refractivity contribution in [2.45, 2.75) is 30.7 Å². The normalized spacial score (nSPS) is 25.9. The van der Waals surface area contributed by atoms with Gasteiger partial charge in [0.2, 0.25) is 6.29 Å². The highest BCUT2D eigenvalue weighted by Gasteiger charge is 2.51. The van der Waals surface area contributed by atoms with Gasteiger partial charge >= 0.3 is 7.82 Å². The van der Waals surface area contributed by atoms with Crippen LogP contribution in [0.5, 0.6) is 11.5 Å². The Balaban J connectivity index is 1.90. The topological polar surface area (TPSA) is 90.9 Å². The van der Waals surface area contributed by atoms with Crippen LogP contribution < -0.4 is 9.05 Å². The zero-order chi connectivity index (χ0) is 23.0. The summed E-state index contributed by atoms with van der Waals surface area (Å²) in [6.45, 7) is 0.193. The number of ether oxygens (including phenoxy) is 5. The number of phosphoric acid groups is 1. The number of hydrogen-bond acceptors (Lipinski definition) is 9. The Morgan fingerprint density at radius 1 is 0.750 bits per heavy atom. The van der Waals surface area contributed by atoms with E-state index in [0.717, 1.165) is 0 Å². The van der Waals surface area contributed by atoms with Crippen molar-refractivity contribution >= 4 is 7.82 Å². The molecule has 10 heteroatoms. The van der Waals surface area contributed by atoms with Crippen molar-refractivity contribution in [1.29, 1.82) is 0 Å². The molecule has 9 nitrogen and oxygen atoms in total. The van der Waals surface area contributed by atoms with Crippen LogP contribution in [-0.4, -0.2) is 65.8 Å². The van der Waals surface area contributed by atoms with Gasteiger partial charge in [0.05, 0.1) is 6.61 Å². The van der Waals surface area contributed by atoms with Gasteiger partial charge < -0.3 is 32.7 Å². The second kappa shape index (κ2) is 11.8. The van der Waals surface area contributed by atoms with E-state index in [4.69, 9.17) is 37.3 Å². The van der Waals surface area contributed by atoms with Crippen LogP contribution in [0, 0.1) is 0 Å². The Morgan fingerprint density at radius 2 is 1.25 bits per heavy atom. The molecule has 1 aliphatic heterocycles. The average molecular weight is 468 g/mol. The van der Waals surface area contributed by atoms with Crippen LogP contribution in [0.2, 0.25) is 0 Å². The molecule has 1 saturated heterocycles. The van der Waals surface area contributed by atoms with Crippen LogP contribution in [0.4, 0.5) is 0 Å². The van der Waals surface area contributed by atoms with Crippen LogP contribution in [-0.2, 0) is 32.8 Å². The quantitative estimate of drug-likeness (QED) is 0.458. The lowest BCUT2D eigenvalue weighted by Crippen LogP contribution is -2.61. The van der Waals surface area contributed by atoms with E-state index in [9.17, 15) is 4.57 Å². The van der Waals surface area contributed by atoms with E-state index in [1.807, 2.05) is 12.1 Å². The molecule has 1 fully saturated rings. The number of methoxy groups -OCH3 is 4. The highest BCUT2D eigenvalue weighted by Crippen LogP contribution is 2.52. The Kier molecular flexibility index (Phi) is 9.07. The standard InChI is InChI=1S/C22H29O9P/c1-24-15-18-19(25-2)20(26-3)21(27-4)22(28-18)31-32(23,29-16-11-7-5-8-12-16)30-17-13-9-6-10-14-17/h5-14,18-22H,15H2,1-4H3/t18-,19-,20+,21-,22+/m1/s1. The van der Waals surface area contributed by atoms with Gasteiger partial charge in [0.15, 0.2) is 0 Å². The Labute approximate surface area is 188 Å². The van der Waals surface area contributed by atoms with Gasteiger partial charge in [-0.1, -0.05) is 36.4 Å². The van der Waals surface area contributed by atoms with Crippen molar-refractivity contribution in [3.05, 3.63) is 60.7 Å². The van der Waals surface area contributed by atoms with Crippen molar-refractivity contribution < 1.29 is 41.8 Å². The molecule has 0 unspecified atom stereocenters. The fourth-order valence-electron chi connectivity index (χ4n) is 3.47. The first-order valence-corrected chi connectivity index (χ1v) is 11.5. The molecule has 0 bridgehead atoms. The molecule has 0 amide bonds. The fraction of sp³-hybridized carbons (Fsp3) is 0.455. The summed E-state index contributed by atoms with van der Waals surface area (Å²) < 4.78 is 59.1. The number of benzene rings is 2. The molecular formula is C22H29O9P. The third kappa shape index (κ3) is 6.08. The first-order valence-electron chi connectivity index (χ1n) is 10.0. The molecule has 5 atom stereocenters. The third-order valence-corrected chi connectivity index (χ3v) is 6.23. The molecule has 0 spiro atoms. The predicted molar refractivity (Wildman–Crippen MR) is 116 cm³/mol. The minimum Gasteiger partial charge on any atom is -0.395 e. The van der Waals surface area contributed by atoms with Crippen molar-refractivity contribution in [2.24, 2.45) is 0 Å². The first kappa shape index (κ1) is 24.7. The van der Waals surface area contributed by atoms with Crippen molar-refractivity contribution in [2.75, 3.05) is 35.0 Å². The predicted octanol–water partition coefficient (Wildman–Crippen LogP) is 3.69. The smallest absolute Gasteiger partial charge is 0.395 e. The molecular weight excluding hydrogens is 439 g/mol. The zero-order valence-electron chi connectivity index (χ0n) is 18.5. The largest absolute Gasteiger partial charge is 0.590 e. The summed E-state index contributed by atoms with van der Waals surface area (Å²) in [5.41, 5.74) is 0. The minimum absolute atomic E-state index is 0.193. The SMILES string of the molecule is COC[C@H]1O[C@@H](OP(=O)(Oc2ccccc2)Oc2ccccc2)[C@H](OC)[C@@H](OC)[C@@H]1OC. The van der Waals surface area contributed by atoms with Crippen LogP contribution in [0.3, 0.4) is 0 Å². The van der Waals surface area contributed by atoms with Gasteiger partial charge in [-0.2, -0.15) is 0 Å². The molecule has 1 heterocycles. The highest BCUT2D eigenvalue weighted by molar-refractivity contribution is 7.49. The van der Waals surface area contributed by atoms with Crippen LogP contribution in [0.15, 0.2) is 60.7 Å². The molecule has 0 saturated carbocycles. The molecule has 176 valence electrons. The first-order chi connectivity index (χ1) is 15.5. The molecule has 0 aliphatic carbocycles. The van der Waals surface area contributed by atoms with Gasteiger partial charge in [-0.15, -0.1) is 0 Å². The van der Waals surface area contributed by atoms with E-state index in [1.54, 1.807) is 55.6 Å². The molecule has 1 aliphatic rings. The maximum Gasteiger partial charge on any atom is 0.590 e. The maximum atomic E-state index is 13.8. The summed E-state index contributed by atoms with van der Waals surface area (Å²) in [6.07, 6.45) is -3.62. The third-order valence-electron chi connectivity index (χ3n) is 4.89. The van der Waals surface area contributed by atoms with Crippen molar-refractivity contribution in [3.63, 3.8) is 0 Å². The van der Waals surface area contributed by atoms with Gasteiger partial charge in [0.1, 0.15) is 35.9 Å². The lowest BCUT2D eigenvalue weighted by Gasteiger charge is -2.44. The second-order valence-corrected chi connectivity index (χ2v) is 8.43. The van der Waals surface area contributed by atoms with Gasteiger partial charge in [0.25, 0.3) is 0 Å². The highest BCUT2D eigenvalue weighted by atomic mass is 31.2. The summed E-state index contributed by atoms with van der Waals surface area (Å²) in [7, 11) is 1.84. The van der Waals surface area contributed by atoms with Crippen LogP contribution in [0.1, 0.15) is 0 Å². The lowest BCUT2D eigenvalue weighted by atomic mass is 9.98. The molecule has 2 aromatic carbocycles. The molecule has 0 N–H and O–H groups in total. The van der Waals surface area contributed by atoms with Gasteiger partial charge in [-0.25, -0.2) is 9.09 Å². The van der Waals surface area contributed by atoms with Crippen molar-refractivity contribution in [1.82, 2.24) is 0 Å². The van der Waals surface area contributed by atoms with E-state index in [1.165, 1.54) is 21.3 Å². The number of para-hydroxylation sites is 2. The molecule has 2 aromatic rings. The number of hydrogen-bond donors (Lipinski definition) is 0. The summed E-state index contributed by atoms with van der Waals surface area (Å²) in [5.74, 6) is 0.617. The van der Waals surface area contributed by atoms with Gasteiger partial charge in [0, 0.05) is 28.4 Å². The molecule has 0 aromatic heterocycles. The van der Waals surface area contributed by atoms with Crippen molar-refractivity contribution in [3.8, 4) is 11.5 Å². The number of phosphoric ester groups is 1. The Morgan fingerprint density at radius 3 is 1.69 bits per heavy atom. The average Bonchev–Trinajstić information content (AvgIpc) is 2.80. The Bertz CT molecular complexity index is 805. The summed E-state index contributed by atoms with van der Waals surface area (Å²) in [4.78, 5) is 0. The van der Waals surface area contributed by atoms with E-state index < -0.39 is 38.5 Å². The zero-order valence-corrected chi connectivity index (χ0v) is 19.4. The minimum atomic E-state index is -4.24. The molecule has 0 radical (unpaired) electrons. The summed E-state index contributed by atoms with van der Waals surface area (Å²) in [6, 6.07) is 17.2. The van der Waals surface area contributed by atoms with E-state index in [0.29, 0.717) is 11.5 Å². The van der Waals surface area contributed by atoms with Gasteiger partial charge in [-0.05, 0) is 24.3 Å². The number of rotatable bonds is 11. The van der Waals surface area contributed by atoms with E-state index in [-0.39, 0.29) is 6.61 Å². The fourth-order valence-corrected chi connectivity index (χ4v) is 4.78. The Hall–Kier alpha value is -1.97.